The molecule has 1 heterocycles. The van der Waals surface area contributed by atoms with E-state index in [1.807, 2.05) is 24.3 Å². The zero-order valence-electron chi connectivity index (χ0n) is 25.7. The average Bonchev–Trinajstić information content (AvgIpc) is 3.19. The van der Waals surface area contributed by atoms with Crippen LogP contribution < -0.4 is 16.4 Å². The summed E-state index contributed by atoms with van der Waals surface area (Å²) in [4.78, 5) is 0. The van der Waals surface area contributed by atoms with Gasteiger partial charge >= 0.3 is 0 Å². The van der Waals surface area contributed by atoms with Crippen molar-refractivity contribution in [2.24, 2.45) is 0 Å². The Labute approximate surface area is 260 Å². The lowest BCUT2D eigenvalue weighted by atomic mass is 9.33. The summed E-state index contributed by atoms with van der Waals surface area (Å²) in [7, 11) is 0. The fourth-order valence-corrected chi connectivity index (χ4v) is 7.85. The van der Waals surface area contributed by atoms with Crippen LogP contribution in [0.1, 0.15) is 44.5 Å². The van der Waals surface area contributed by atoms with E-state index in [1.54, 1.807) is 0 Å². The number of benzene rings is 5. The number of halogens is 2. The first-order valence-corrected chi connectivity index (χ1v) is 15.4. The van der Waals surface area contributed by atoms with Gasteiger partial charge in [-0.3, -0.25) is 0 Å². The molecule has 6 rings (SSSR count). The minimum atomic E-state index is 0.135. The monoisotopic (exact) mass is 587 g/mol. The van der Waals surface area contributed by atoms with Crippen molar-refractivity contribution in [1.29, 1.82) is 0 Å². The van der Waals surface area contributed by atoms with Crippen molar-refractivity contribution in [1.82, 2.24) is 4.57 Å². The molecule has 0 saturated carbocycles. The van der Waals surface area contributed by atoms with E-state index in [4.69, 9.17) is 23.2 Å². The highest BCUT2D eigenvalue weighted by molar-refractivity contribution is 6.97. The summed E-state index contributed by atoms with van der Waals surface area (Å²) in [5.74, 6) is 0. The molecule has 0 radical (unpaired) electrons. The second-order valence-corrected chi connectivity index (χ2v) is 13.1. The van der Waals surface area contributed by atoms with Gasteiger partial charge in [-0.05, 0) is 104 Å². The first kappa shape index (κ1) is 28.7. The van der Waals surface area contributed by atoms with Crippen LogP contribution in [0.3, 0.4) is 0 Å². The molecule has 0 spiro atoms. The van der Waals surface area contributed by atoms with E-state index in [0.717, 1.165) is 37.5 Å². The van der Waals surface area contributed by atoms with E-state index >= 15 is 0 Å². The maximum atomic E-state index is 6.46. The molecule has 0 amide bonds. The third kappa shape index (κ3) is 4.75. The van der Waals surface area contributed by atoms with E-state index in [0.29, 0.717) is 0 Å². The molecule has 6 aromatic rings. The van der Waals surface area contributed by atoms with Gasteiger partial charge < -0.3 is 4.57 Å². The van der Waals surface area contributed by atoms with Crippen molar-refractivity contribution in [3.05, 3.63) is 127 Å². The first-order valence-electron chi connectivity index (χ1n) is 14.6. The fourth-order valence-electron chi connectivity index (χ4n) is 7.51. The second kappa shape index (κ2) is 10.7. The van der Waals surface area contributed by atoms with Crippen LogP contribution >= 0.6 is 23.2 Å². The summed E-state index contributed by atoms with van der Waals surface area (Å²) in [6.07, 6.45) is 0. The zero-order valence-corrected chi connectivity index (χ0v) is 27.2. The molecule has 4 heteroatoms. The molecule has 0 aliphatic rings. The highest BCUT2D eigenvalue weighted by Crippen LogP contribution is 2.35. The maximum absolute atomic E-state index is 6.46. The second-order valence-electron chi connectivity index (χ2n) is 12.2. The zero-order chi connectivity index (χ0) is 30.0. The lowest BCUT2D eigenvalue weighted by Crippen LogP contribution is -2.57. The third-order valence-electron chi connectivity index (χ3n) is 8.87. The van der Waals surface area contributed by atoms with Gasteiger partial charge in [-0.25, -0.2) is 0 Å². The van der Waals surface area contributed by atoms with Crippen LogP contribution in [0.25, 0.3) is 27.5 Å². The van der Waals surface area contributed by atoms with Gasteiger partial charge in [0.2, 0.25) is 6.71 Å². The van der Waals surface area contributed by atoms with Crippen LogP contribution in [0.4, 0.5) is 0 Å². The molecule has 42 heavy (non-hydrogen) atoms. The van der Waals surface area contributed by atoms with Gasteiger partial charge in [0, 0.05) is 26.5 Å². The molecule has 5 aromatic carbocycles. The minimum Gasteiger partial charge on any atom is -0.309 e. The van der Waals surface area contributed by atoms with Gasteiger partial charge in [0.05, 0.1) is 11.0 Å². The molecular formula is C38H36BCl2N. The highest BCUT2D eigenvalue weighted by atomic mass is 35.5. The lowest BCUT2D eigenvalue weighted by Gasteiger charge is -2.27. The Morgan fingerprint density at radius 3 is 1.14 bits per heavy atom. The van der Waals surface area contributed by atoms with E-state index in [2.05, 4.69) is 108 Å². The summed E-state index contributed by atoms with van der Waals surface area (Å²) in [5.41, 5.74) is 18.1. The summed E-state index contributed by atoms with van der Waals surface area (Å²) in [6.45, 7) is 18.2. The Bertz CT molecular complexity index is 1860. The molecule has 0 saturated heterocycles. The quantitative estimate of drug-likeness (QED) is 0.181. The van der Waals surface area contributed by atoms with Crippen LogP contribution in [0.5, 0.6) is 0 Å². The number of rotatable bonds is 4. The van der Waals surface area contributed by atoms with E-state index in [1.165, 1.54) is 60.9 Å². The van der Waals surface area contributed by atoms with Gasteiger partial charge in [-0.1, -0.05) is 108 Å². The third-order valence-corrected chi connectivity index (χ3v) is 9.34. The Hall–Kier alpha value is -3.46. The van der Waals surface area contributed by atoms with Gasteiger partial charge in [0.15, 0.2) is 0 Å². The van der Waals surface area contributed by atoms with E-state index in [-0.39, 0.29) is 6.71 Å². The first-order chi connectivity index (χ1) is 19.9. The van der Waals surface area contributed by atoms with Gasteiger partial charge in [-0.15, -0.1) is 0 Å². The van der Waals surface area contributed by atoms with Crippen LogP contribution in [0.15, 0.2) is 72.8 Å². The highest BCUT2D eigenvalue weighted by Gasteiger charge is 2.31. The molecule has 0 aliphatic carbocycles. The molecule has 0 atom stereocenters. The maximum Gasteiger partial charge on any atom is 0.243 e. The predicted octanol–water partition coefficient (Wildman–Crippen LogP) is 9.07. The Morgan fingerprint density at radius 2 is 0.786 bits per heavy atom. The van der Waals surface area contributed by atoms with Gasteiger partial charge in [0.1, 0.15) is 0 Å². The molecule has 1 nitrogen and oxygen atoms in total. The predicted molar refractivity (Wildman–Crippen MR) is 186 cm³/mol. The Balaban J connectivity index is 1.65. The molecule has 210 valence electrons. The molecule has 0 unspecified atom stereocenters. The molecule has 0 aliphatic heterocycles. The number of aromatic nitrogens is 1. The summed E-state index contributed by atoms with van der Waals surface area (Å²) in [5, 5.41) is 3.66. The minimum absolute atomic E-state index is 0.135. The number of hydrogen-bond acceptors (Lipinski definition) is 0. The van der Waals surface area contributed by atoms with Crippen LogP contribution in [0.2, 0.25) is 10.0 Å². The largest absolute Gasteiger partial charge is 0.309 e. The van der Waals surface area contributed by atoms with Crippen molar-refractivity contribution < 1.29 is 0 Å². The Morgan fingerprint density at radius 1 is 0.452 bits per heavy atom. The van der Waals surface area contributed by atoms with Crippen molar-refractivity contribution >= 4 is 68.1 Å². The standard InChI is InChI=1S/C38H36BCl2N/c1-21-13-23(3)36(24(4)14-21)39(37-25(5)15-22(2)16-26(37)6)38-27(7)17-31(18-28(38)8)42-34-11-9-29(40)19-32(34)33-20-30(41)10-12-35(33)42/h9-20H,1-8H3. The normalized spacial score (nSPS) is 11.6. The smallest absolute Gasteiger partial charge is 0.243 e. The van der Waals surface area contributed by atoms with Crippen molar-refractivity contribution in [3.63, 3.8) is 0 Å². The van der Waals surface area contributed by atoms with Crippen LogP contribution in [-0.4, -0.2) is 11.3 Å². The Kier molecular flexibility index (Phi) is 7.28. The molecular weight excluding hydrogens is 552 g/mol. The number of nitrogens with zero attached hydrogens (tertiary/aromatic N) is 1. The number of hydrogen-bond donors (Lipinski definition) is 0. The summed E-state index contributed by atoms with van der Waals surface area (Å²) in [6, 6.07) is 26.3. The number of aryl methyl sites for hydroxylation is 8. The van der Waals surface area contributed by atoms with Gasteiger partial charge in [-0.2, -0.15) is 0 Å². The van der Waals surface area contributed by atoms with Crippen molar-refractivity contribution in [2.75, 3.05) is 0 Å². The van der Waals surface area contributed by atoms with Crippen LogP contribution in [-0.2, 0) is 0 Å². The number of fused-ring (bicyclic) bond motifs is 3. The SMILES string of the molecule is Cc1cc(C)c(B(c2c(C)cc(C)cc2C)c2c(C)cc(-n3c4ccc(Cl)cc4c4cc(Cl)ccc43)cc2C)c(C)c1. The van der Waals surface area contributed by atoms with Crippen LogP contribution in [0, 0.1) is 55.4 Å². The van der Waals surface area contributed by atoms with E-state index < -0.39 is 0 Å². The van der Waals surface area contributed by atoms with Crippen molar-refractivity contribution in [2.45, 2.75) is 55.4 Å². The average molecular weight is 588 g/mol. The molecule has 0 N–H and O–H groups in total. The van der Waals surface area contributed by atoms with Gasteiger partial charge in [0.25, 0.3) is 0 Å². The fraction of sp³-hybridized carbons (Fsp3) is 0.211. The molecule has 1 aromatic heterocycles. The topological polar surface area (TPSA) is 4.93 Å². The van der Waals surface area contributed by atoms with E-state index in [9.17, 15) is 0 Å². The molecule has 0 fully saturated rings. The van der Waals surface area contributed by atoms with Crippen molar-refractivity contribution in [3.8, 4) is 5.69 Å². The lowest BCUT2D eigenvalue weighted by molar-refractivity contribution is 1.16. The summed E-state index contributed by atoms with van der Waals surface area (Å²) >= 11 is 12.9. The molecule has 0 bridgehead atoms. The summed E-state index contributed by atoms with van der Waals surface area (Å²) < 4.78 is 2.35.